The van der Waals surface area contributed by atoms with E-state index in [1.807, 2.05) is 36.4 Å². The second-order valence-corrected chi connectivity index (χ2v) is 8.21. The van der Waals surface area contributed by atoms with Gasteiger partial charge in [0.05, 0.1) is 11.5 Å². The number of nitrogens with two attached hydrogens (primary N) is 1. The van der Waals surface area contributed by atoms with Gasteiger partial charge in [0.2, 0.25) is 5.95 Å². The van der Waals surface area contributed by atoms with Crippen molar-refractivity contribution < 1.29 is 4.79 Å². The lowest BCUT2D eigenvalue weighted by Gasteiger charge is -2.21. The summed E-state index contributed by atoms with van der Waals surface area (Å²) >= 11 is 0. The Bertz CT molecular complexity index is 1230. The second kappa shape index (κ2) is 7.94. The molecule has 1 aromatic heterocycles. The standard InChI is InChI=1S/C24H23N7O/c25-14-24(9-10-24)16-4-6-17(7-5-16)29-23-28-13-19(21(26)32)22(31-23)30-20-3-1-2-15-12-27-11-8-18(15)20/h1-7,13,27H,8-12H2,(H2,26,32)(H2,28,29,30,31). The number of hydrogen-bond donors (Lipinski definition) is 4. The molecule has 1 amide bonds. The average Bonchev–Trinajstić information content (AvgIpc) is 3.61. The summed E-state index contributed by atoms with van der Waals surface area (Å²) in [5.41, 5.74) is 10.6. The van der Waals surface area contributed by atoms with Gasteiger partial charge in [0.15, 0.2) is 0 Å². The summed E-state index contributed by atoms with van der Waals surface area (Å²) in [5.74, 6) is 0.110. The van der Waals surface area contributed by atoms with Crippen molar-refractivity contribution in [3.05, 3.63) is 70.9 Å². The Labute approximate surface area is 185 Å². The van der Waals surface area contributed by atoms with E-state index >= 15 is 0 Å². The minimum absolute atomic E-state index is 0.224. The molecule has 32 heavy (non-hydrogen) atoms. The Morgan fingerprint density at radius 1 is 1.16 bits per heavy atom. The zero-order valence-electron chi connectivity index (χ0n) is 17.5. The van der Waals surface area contributed by atoms with Crippen LogP contribution in [0.1, 0.15) is 39.9 Å². The summed E-state index contributed by atoms with van der Waals surface area (Å²) in [7, 11) is 0. The van der Waals surface area contributed by atoms with E-state index in [0.29, 0.717) is 11.8 Å². The molecule has 5 rings (SSSR count). The molecule has 0 atom stereocenters. The number of anilines is 4. The van der Waals surface area contributed by atoms with E-state index < -0.39 is 5.91 Å². The molecule has 0 saturated heterocycles. The molecule has 2 aromatic carbocycles. The van der Waals surface area contributed by atoms with Crippen LogP contribution in [0.3, 0.4) is 0 Å². The molecule has 0 unspecified atom stereocenters. The van der Waals surface area contributed by atoms with Crippen LogP contribution in [0, 0.1) is 11.3 Å². The number of fused-ring (bicyclic) bond motifs is 1. The highest BCUT2D eigenvalue weighted by atomic mass is 16.1. The van der Waals surface area contributed by atoms with E-state index in [9.17, 15) is 10.1 Å². The summed E-state index contributed by atoms with van der Waals surface area (Å²) in [4.78, 5) is 20.8. The lowest BCUT2D eigenvalue weighted by Crippen LogP contribution is -2.24. The predicted molar refractivity (Wildman–Crippen MR) is 122 cm³/mol. The van der Waals surface area contributed by atoms with Crippen LogP contribution >= 0.6 is 0 Å². The number of nitrogens with one attached hydrogen (secondary N) is 3. The lowest BCUT2D eigenvalue weighted by atomic mass is 9.98. The van der Waals surface area contributed by atoms with Crippen LogP contribution in [-0.2, 0) is 18.4 Å². The molecule has 1 aliphatic carbocycles. The SMILES string of the molecule is N#CC1(c2ccc(Nc3ncc(C(N)=O)c(Nc4cccc5c4CCNC5)n3)cc2)CC1. The number of carbonyl (C=O) groups excluding carboxylic acids is 1. The molecule has 5 N–H and O–H groups in total. The maximum atomic E-state index is 12.0. The lowest BCUT2D eigenvalue weighted by molar-refractivity contribution is 0.100. The van der Waals surface area contributed by atoms with E-state index in [2.05, 4.69) is 38.1 Å². The molecular formula is C24H23N7O. The fraction of sp³-hybridized carbons (Fsp3) is 0.250. The summed E-state index contributed by atoms with van der Waals surface area (Å²) in [6.07, 6.45) is 4.13. The van der Waals surface area contributed by atoms with Crippen molar-refractivity contribution in [3.63, 3.8) is 0 Å². The molecule has 1 fully saturated rings. The van der Waals surface area contributed by atoms with Gasteiger partial charge in [-0.2, -0.15) is 10.2 Å². The van der Waals surface area contributed by atoms with Gasteiger partial charge in [-0.25, -0.2) is 4.98 Å². The van der Waals surface area contributed by atoms with Crippen molar-refractivity contribution >= 4 is 29.0 Å². The third-order valence-corrected chi connectivity index (χ3v) is 6.11. The van der Waals surface area contributed by atoms with Crippen molar-refractivity contribution in [1.82, 2.24) is 15.3 Å². The molecule has 2 aliphatic rings. The van der Waals surface area contributed by atoms with Crippen LogP contribution < -0.4 is 21.7 Å². The number of rotatable bonds is 6. The Kier molecular flexibility index (Phi) is 4.96. The van der Waals surface area contributed by atoms with E-state index in [0.717, 1.165) is 49.3 Å². The molecule has 3 aromatic rings. The van der Waals surface area contributed by atoms with Crippen LogP contribution in [0.15, 0.2) is 48.7 Å². The predicted octanol–water partition coefficient (Wildman–Crippen LogP) is 3.26. The molecular weight excluding hydrogens is 402 g/mol. The van der Waals surface area contributed by atoms with E-state index in [1.54, 1.807) is 0 Å². The fourth-order valence-corrected chi connectivity index (χ4v) is 4.09. The highest BCUT2D eigenvalue weighted by Gasteiger charge is 2.44. The minimum Gasteiger partial charge on any atom is -0.365 e. The van der Waals surface area contributed by atoms with Crippen molar-refractivity contribution in [2.24, 2.45) is 5.73 Å². The van der Waals surface area contributed by atoms with Crippen molar-refractivity contribution in [3.8, 4) is 6.07 Å². The van der Waals surface area contributed by atoms with Gasteiger partial charge in [-0.3, -0.25) is 4.79 Å². The quantitative estimate of drug-likeness (QED) is 0.477. The molecule has 8 nitrogen and oxygen atoms in total. The molecule has 0 bridgehead atoms. The average molecular weight is 425 g/mol. The summed E-state index contributed by atoms with van der Waals surface area (Å²) in [6.45, 7) is 1.71. The van der Waals surface area contributed by atoms with Crippen molar-refractivity contribution in [2.75, 3.05) is 17.2 Å². The van der Waals surface area contributed by atoms with Crippen LogP contribution in [0.2, 0.25) is 0 Å². The zero-order valence-corrected chi connectivity index (χ0v) is 17.5. The highest BCUT2D eigenvalue weighted by Crippen LogP contribution is 2.47. The third-order valence-electron chi connectivity index (χ3n) is 6.11. The Hall–Kier alpha value is -3.96. The fourth-order valence-electron chi connectivity index (χ4n) is 4.09. The van der Waals surface area contributed by atoms with Crippen LogP contribution in [0.5, 0.6) is 0 Å². The van der Waals surface area contributed by atoms with Crippen LogP contribution in [0.4, 0.5) is 23.1 Å². The monoisotopic (exact) mass is 425 g/mol. The summed E-state index contributed by atoms with van der Waals surface area (Å²) in [6, 6.07) is 16.2. The topological polar surface area (TPSA) is 129 Å². The minimum atomic E-state index is -0.596. The summed E-state index contributed by atoms with van der Waals surface area (Å²) < 4.78 is 0. The van der Waals surface area contributed by atoms with Gasteiger partial charge in [-0.05, 0) is 60.7 Å². The number of nitrogens with zero attached hydrogens (tertiary/aromatic N) is 3. The van der Waals surface area contributed by atoms with Crippen LogP contribution in [-0.4, -0.2) is 22.4 Å². The van der Waals surface area contributed by atoms with E-state index in [4.69, 9.17) is 5.73 Å². The first kappa shape index (κ1) is 20.0. The summed E-state index contributed by atoms with van der Waals surface area (Å²) in [5, 5.41) is 19.2. The maximum Gasteiger partial charge on any atom is 0.254 e. The van der Waals surface area contributed by atoms with Gasteiger partial charge in [0, 0.05) is 24.1 Å². The first-order chi connectivity index (χ1) is 15.6. The second-order valence-electron chi connectivity index (χ2n) is 8.21. The molecule has 2 heterocycles. The Balaban J connectivity index is 1.42. The molecule has 160 valence electrons. The normalized spacial score (nSPS) is 15.8. The van der Waals surface area contributed by atoms with E-state index in [1.165, 1.54) is 17.3 Å². The van der Waals surface area contributed by atoms with Gasteiger partial charge in [-0.1, -0.05) is 24.3 Å². The number of aromatic nitrogens is 2. The van der Waals surface area contributed by atoms with Gasteiger partial charge in [0.25, 0.3) is 5.91 Å². The number of primary amides is 1. The number of carbonyl (C=O) groups is 1. The van der Waals surface area contributed by atoms with Crippen molar-refractivity contribution in [2.45, 2.75) is 31.2 Å². The Morgan fingerprint density at radius 2 is 1.97 bits per heavy atom. The van der Waals surface area contributed by atoms with Gasteiger partial charge in [0.1, 0.15) is 11.4 Å². The number of hydrogen-bond acceptors (Lipinski definition) is 7. The first-order valence-corrected chi connectivity index (χ1v) is 10.6. The number of nitriles is 1. The molecule has 1 saturated carbocycles. The van der Waals surface area contributed by atoms with Gasteiger partial charge >= 0.3 is 0 Å². The highest BCUT2D eigenvalue weighted by molar-refractivity contribution is 5.98. The molecule has 8 heteroatoms. The maximum absolute atomic E-state index is 12.0. The first-order valence-electron chi connectivity index (χ1n) is 10.6. The molecule has 0 spiro atoms. The third kappa shape index (κ3) is 3.74. The zero-order chi connectivity index (χ0) is 22.1. The van der Waals surface area contributed by atoms with Crippen LogP contribution in [0.25, 0.3) is 0 Å². The largest absolute Gasteiger partial charge is 0.365 e. The smallest absolute Gasteiger partial charge is 0.254 e. The van der Waals surface area contributed by atoms with Gasteiger partial charge < -0.3 is 21.7 Å². The Morgan fingerprint density at radius 3 is 2.69 bits per heavy atom. The van der Waals surface area contributed by atoms with Gasteiger partial charge in [-0.15, -0.1) is 0 Å². The van der Waals surface area contributed by atoms with Crippen molar-refractivity contribution in [1.29, 1.82) is 5.26 Å². The number of amides is 1. The molecule has 0 radical (unpaired) electrons. The number of benzene rings is 2. The van der Waals surface area contributed by atoms with E-state index in [-0.39, 0.29) is 11.0 Å². The molecule has 1 aliphatic heterocycles.